The van der Waals surface area contributed by atoms with Crippen molar-refractivity contribution >= 4 is 12.6 Å². The monoisotopic (exact) mass is 240 g/mol. The molecule has 17 heavy (non-hydrogen) atoms. The molecule has 0 radical (unpaired) electrons. The van der Waals surface area contributed by atoms with Gasteiger partial charge in [0.1, 0.15) is 0 Å². The highest BCUT2D eigenvalue weighted by Crippen LogP contribution is 2.13. The van der Waals surface area contributed by atoms with E-state index in [0.717, 1.165) is 25.9 Å². The van der Waals surface area contributed by atoms with Gasteiger partial charge < -0.3 is 19.5 Å². The molecule has 7 heteroatoms. The van der Waals surface area contributed by atoms with Gasteiger partial charge >= 0.3 is 7.12 Å². The summed E-state index contributed by atoms with van der Waals surface area (Å²) in [5, 5.41) is 21.8. The maximum Gasteiger partial charge on any atom is 0.491 e. The van der Waals surface area contributed by atoms with Gasteiger partial charge in [0.2, 0.25) is 0 Å². The highest BCUT2D eigenvalue weighted by atomic mass is 16.7. The molecule has 1 aromatic heterocycles. The van der Waals surface area contributed by atoms with E-state index in [2.05, 4.69) is 5.10 Å². The van der Waals surface area contributed by atoms with Gasteiger partial charge in [-0.05, 0) is 19.3 Å². The van der Waals surface area contributed by atoms with Gasteiger partial charge in [0.15, 0.2) is 6.29 Å². The van der Waals surface area contributed by atoms with E-state index in [1.165, 1.54) is 6.20 Å². The minimum atomic E-state index is -1.47. The number of hydrogen-bond acceptors (Lipinski definition) is 5. The van der Waals surface area contributed by atoms with Gasteiger partial charge in [0.25, 0.3) is 0 Å². The van der Waals surface area contributed by atoms with Crippen molar-refractivity contribution in [3.63, 3.8) is 0 Å². The van der Waals surface area contributed by atoms with Crippen LogP contribution in [0.5, 0.6) is 0 Å². The molecule has 1 unspecified atom stereocenters. The van der Waals surface area contributed by atoms with Gasteiger partial charge in [-0.1, -0.05) is 0 Å². The third-order valence-electron chi connectivity index (χ3n) is 2.71. The number of aromatic nitrogens is 2. The minimum absolute atomic E-state index is 0.0952. The van der Waals surface area contributed by atoms with Crippen molar-refractivity contribution in [3.8, 4) is 0 Å². The molecule has 0 aromatic carbocycles. The van der Waals surface area contributed by atoms with Crippen LogP contribution in [0.3, 0.4) is 0 Å². The third kappa shape index (κ3) is 3.81. The molecule has 0 amide bonds. The van der Waals surface area contributed by atoms with E-state index in [1.807, 2.05) is 0 Å². The second-order valence-corrected chi connectivity index (χ2v) is 4.08. The second-order valence-electron chi connectivity index (χ2n) is 4.08. The van der Waals surface area contributed by atoms with E-state index in [-0.39, 0.29) is 6.29 Å². The molecule has 94 valence electrons. The predicted octanol–water partition coefficient (Wildman–Crippen LogP) is -0.894. The molecule has 2 rings (SSSR count). The van der Waals surface area contributed by atoms with Crippen LogP contribution in [0.25, 0.3) is 0 Å². The molecule has 1 aliphatic rings. The number of ether oxygens (including phenoxy) is 2. The first-order valence-electron chi connectivity index (χ1n) is 5.87. The van der Waals surface area contributed by atoms with Crippen LogP contribution in [0.15, 0.2) is 12.4 Å². The SMILES string of the molecule is OB(O)c1cnn(CCOC2CCCCO2)c1. The summed E-state index contributed by atoms with van der Waals surface area (Å²) >= 11 is 0. The standard InChI is InChI=1S/C10H17BN2O4/c14-11(15)9-7-12-13(8-9)4-6-17-10-3-1-2-5-16-10/h7-8,10,14-15H,1-6H2. The first kappa shape index (κ1) is 12.6. The molecular formula is C10H17BN2O4. The fraction of sp³-hybridized carbons (Fsp3) is 0.700. The summed E-state index contributed by atoms with van der Waals surface area (Å²) in [6.45, 7) is 1.85. The molecule has 2 heterocycles. The maximum absolute atomic E-state index is 8.92. The Bertz CT molecular complexity index is 339. The summed E-state index contributed by atoms with van der Waals surface area (Å²) in [5.74, 6) is 0. The lowest BCUT2D eigenvalue weighted by molar-refractivity contribution is -0.163. The molecule has 0 bridgehead atoms. The zero-order valence-electron chi connectivity index (χ0n) is 9.66. The fourth-order valence-electron chi connectivity index (χ4n) is 1.76. The molecule has 0 saturated carbocycles. The second kappa shape index (κ2) is 6.16. The Morgan fingerprint density at radius 3 is 3.06 bits per heavy atom. The van der Waals surface area contributed by atoms with Gasteiger partial charge in [-0.25, -0.2) is 0 Å². The van der Waals surface area contributed by atoms with Crippen LogP contribution in [0, 0.1) is 0 Å². The van der Waals surface area contributed by atoms with Crippen LogP contribution in [0.1, 0.15) is 19.3 Å². The summed E-state index contributed by atoms with van der Waals surface area (Å²) in [6, 6.07) is 0. The van der Waals surface area contributed by atoms with E-state index < -0.39 is 7.12 Å². The zero-order chi connectivity index (χ0) is 12.1. The summed E-state index contributed by atoms with van der Waals surface area (Å²) < 4.78 is 12.6. The van der Waals surface area contributed by atoms with E-state index in [9.17, 15) is 0 Å². The van der Waals surface area contributed by atoms with Crippen molar-refractivity contribution in [2.45, 2.75) is 32.1 Å². The molecule has 1 atom stereocenters. The highest BCUT2D eigenvalue weighted by Gasteiger charge is 2.15. The van der Waals surface area contributed by atoms with E-state index in [0.29, 0.717) is 18.6 Å². The summed E-state index contributed by atoms with van der Waals surface area (Å²) in [7, 11) is -1.47. The predicted molar refractivity (Wildman–Crippen MR) is 61.6 cm³/mol. The van der Waals surface area contributed by atoms with Crippen LogP contribution in [0.4, 0.5) is 0 Å². The normalized spacial score (nSPS) is 20.5. The van der Waals surface area contributed by atoms with Crippen molar-refractivity contribution in [3.05, 3.63) is 12.4 Å². The van der Waals surface area contributed by atoms with Crippen molar-refractivity contribution in [2.75, 3.05) is 13.2 Å². The fourth-order valence-corrected chi connectivity index (χ4v) is 1.76. The first-order valence-corrected chi connectivity index (χ1v) is 5.87. The lowest BCUT2D eigenvalue weighted by Crippen LogP contribution is -2.28. The number of nitrogens with zero attached hydrogens (tertiary/aromatic N) is 2. The molecule has 0 aliphatic carbocycles. The Morgan fingerprint density at radius 1 is 1.53 bits per heavy atom. The average molecular weight is 240 g/mol. The highest BCUT2D eigenvalue weighted by molar-refractivity contribution is 6.58. The lowest BCUT2D eigenvalue weighted by Gasteiger charge is -2.22. The molecule has 1 aliphatic heterocycles. The minimum Gasteiger partial charge on any atom is -0.423 e. The van der Waals surface area contributed by atoms with Crippen LogP contribution >= 0.6 is 0 Å². The molecule has 1 saturated heterocycles. The van der Waals surface area contributed by atoms with Gasteiger partial charge in [-0.3, -0.25) is 4.68 Å². The Balaban J connectivity index is 1.70. The quantitative estimate of drug-likeness (QED) is 0.652. The average Bonchev–Trinajstić information content (AvgIpc) is 2.79. The van der Waals surface area contributed by atoms with Crippen molar-refractivity contribution in [1.82, 2.24) is 9.78 Å². The maximum atomic E-state index is 8.92. The van der Waals surface area contributed by atoms with Crippen molar-refractivity contribution in [1.29, 1.82) is 0 Å². The molecular weight excluding hydrogens is 223 g/mol. The Hall–Kier alpha value is -0.885. The van der Waals surface area contributed by atoms with Gasteiger partial charge in [-0.2, -0.15) is 5.10 Å². The topological polar surface area (TPSA) is 76.7 Å². The summed E-state index contributed by atoms with van der Waals surface area (Å²) in [4.78, 5) is 0. The first-order chi connectivity index (χ1) is 8.25. The van der Waals surface area contributed by atoms with Crippen LogP contribution in [-0.4, -0.2) is 46.5 Å². The van der Waals surface area contributed by atoms with Crippen LogP contribution in [-0.2, 0) is 16.0 Å². The van der Waals surface area contributed by atoms with Crippen molar-refractivity contribution < 1.29 is 19.5 Å². The molecule has 0 spiro atoms. The Labute approximate surface area is 100 Å². The van der Waals surface area contributed by atoms with Gasteiger partial charge in [0, 0.05) is 24.5 Å². The Kier molecular flexibility index (Phi) is 4.55. The summed E-state index contributed by atoms with van der Waals surface area (Å²) in [5.41, 5.74) is 0.388. The molecule has 6 nitrogen and oxygen atoms in total. The molecule has 1 fully saturated rings. The van der Waals surface area contributed by atoms with Crippen LogP contribution < -0.4 is 5.46 Å². The van der Waals surface area contributed by atoms with Crippen molar-refractivity contribution in [2.24, 2.45) is 0 Å². The number of rotatable bonds is 5. The van der Waals surface area contributed by atoms with E-state index in [4.69, 9.17) is 19.5 Å². The number of hydrogen-bond donors (Lipinski definition) is 2. The van der Waals surface area contributed by atoms with Gasteiger partial charge in [0.05, 0.1) is 13.2 Å². The Morgan fingerprint density at radius 2 is 2.41 bits per heavy atom. The smallest absolute Gasteiger partial charge is 0.423 e. The largest absolute Gasteiger partial charge is 0.491 e. The van der Waals surface area contributed by atoms with Gasteiger partial charge in [-0.15, -0.1) is 0 Å². The third-order valence-corrected chi connectivity index (χ3v) is 2.71. The van der Waals surface area contributed by atoms with Crippen LogP contribution in [0.2, 0.25) is 0 Å². The zero-order valence-corrected chi connectivity index (χ0v) is 9.66. The lowest BCUT2D eigenvalue weighted by atomic mass is 9.83. The van der Waals surface area contributed by atoms with E-state index >= 15 is 0 Å². The molecule has 1 aromatic rings. The summed E-state index contributed by atoms with van der Waals surface area (Å²) in [6.07, 6.45) is 6.13. The molecule has 2 N–H and O–H groups in total. The van der Waals surface area contributed by atoms with E-state index in [1.54, 1.807) is 10.9 Å².